The van der Waals surface area contributed by atoms with Gasteiger partial charge in [-0.1, -0.05) is 18.9 Å². The molecular formula is C14H16BrFN2O2. The Morgan fingerprint density at radius 1 is 1.30 bits per heavy atom. The van der Waals surface area contributed by atoms with Crippen LogP contribution < -0.4 is 11.1 Å². The first-order valence-corrected chi connectivity index (χ1v) is 7.34. The van der Waals surface area contributed by atoms with Gasteiger partial charge in [-0.2, -0.15) is 0 Å². The molecule has 2 atom stereocenters. The highest BCUT2D eigenvalue weighted by atomic mass is 79.9. The zero-order chi connectivity index (χ0) is 14.7. The highest BCUT2D eigenvalue weighted by Gasteiger charge is 2.31. The molecule has 0 heterocycles. The van der Waals surface area contributed by atoms with E-state index in [0.29, 0.717) is 12.8 Å². The second kappa shape index (κ2) is 6.35. The minimum absolute atomic E-state index is 0.0341. The van der Waals surface area contributed by atoms with Crippen LogP contribution in [-0.2, 0) is 4.79 Å². The molecule has 0 radical (unpaired) electrons. The van der Waals surface area contributed by atoms with E-state index in [9.17, 15) is 14.0 Å². The van der Waals surface area contributed by atoms with Crippen molar-refractivity contribution in [2.75, 3.05) is 0 Å². The summed E-state index contributed by atoms with van der Waals surface area (Å²) in [6.45, 7) is 0. The maximum absolute atomic E-state index is 13.9. The van der Waals surface area contributed by atoms with E-state index < -0.39 is 17.6 Å². The van der Waals surface area contributed by atoms with Crippen LogP contribution in [0.15, 0.2) is 22.7 Å². The summed E-state index contributed by atoms with van der Waals surface area (Å²) in [7, 11) is 0. The van der Waals surface area contributed by atoms with Crippen molar-refractivity contribution in [2.45, 2.75) is 31.7 Å². The van der Waals surface area contributed by atoms with Gasteiger partial charge in [0.25, 0.3) is 5.91 Å². The van der Waals surface area contributed by atoms with Gasteiger partial charge in [0.15, 0.2) is 0 Å². The Kier molecular flexibility index (Phi) is 4.75. The van der Waals surface area contributed by atoms with Crippen molar-refractivity contribution in [2.24, 2.45) is 11.7 Å². The van der Waals surface area contributed by atoms with E-state index in [2.05, 4.69) is 21.2 Å². The summed E-state index contributed by atoms with van der Waals surface area (Å²) in [5.74, 6) is -1.90. The molecule has 1 aromatic rings. The third-order valence-electron chi connectivity index (χ3n) is 3.64. The molecular weight excluding hydrogens is 327 g/mol. The van der Waals surface area contributed by atoms with Crippen LogP contribution in [0.4, 0.5) is 4.39 Å². The third-order valence-corrected chi connectivity index (χ3v) is 4.26. The summed E-state index contributed by atoms with van der Waals surface area (Å²) >= 11 is 3.05. The molecule has 0 bridgehead atoms. The zero-order valence-electron chi connectivity index (χ0n) is 10.9. The van der Waals surface area contributed by atoms with Crippen LogP contribution in [0.1, 0.15) is 36.0 Å². The molecule has 0 spiro atoms. The third kappa shape index (κ3) is 3.17. The van der Waals surface area contributed by atoms with E-state index in [1.54, 1.807) is 6.07 Å². The van der Waals surface area contributed by atoms with Crippen molar-refractivity contribution >= 4 is 27.7 Å². The van der Waals surface area contributed by atoms with Gasteiger partial charge in [0.2, 0.25) is 5.91 Å². The molecule has 108 valence electrons. The van der Waals surface area contributed by atoms with Crippen molar-refractivity contribution < 1.29 is 14.0 Å². The van der Waals surface area contributed by atoms with Gasteiger partial charge in [-0.05, 0) is 40.9 Å². The van der Waals surface area contributed by atoms with Crippen LogP contribution in [0, 0.1) is 11.7 Å². The fraction of sp³-hybridized carbons (Fsp3) is 0.429. The van der Waals surface area contributed by atoms with E-state index in [-0.39, 0.29) is 22.0 Å². The first-order valence-electron chi connectivity index (χ1n) is 6.55. The van der Waals surface area contributed by atoms with Crippen LogP contribution in [-0.4, -0.2) is 17.9 Å². The number of rotatable bonds is 3. The molecule has 2 rings (SSSR count). The lowest BCUT2D eigenvalue weighted by Crippen LogP contribution is -2.47. The van der Waals surface area contributed by atoms with Crippen molar-refractivity contribution in [1.29, 1.82) is 0 Å². The lowest BCUT2D eigenvalue weighted by molar-refractivity contribution is -0.123. The predicted molar refractivity (Wildman–Crippen MR) is 76.5 cm³/mol. The molecule has 3 N–H and O–H groups in total. The number of halogens is 2. The molecule has 2 unspecified atom stereocenters. The molecule has 0 aliphatic heterocycles. The molecule has 0 saturated heterocycles. The molecule has 20 heavy (non-hydrogen) atoms. The molecule has 6 heteroatoms. The Bertz CT molecular complexity index is 536. The van der Waals surface area contributed by atoms with Gasteiger partial charge in [0, 0.05) is 6.04 Å². The summed E-state index contributed by atoms with van der Waals surface area (Å²) < 4.78 is 14.1. The smallest absolute Gasteiger partial charge is 0.254 e. The monoisotopic (exact) mass is 342 g/mol. The number of carbonyl (C=O) groups excluding carboxylic acids is 2. The first kappa shape index (κ1) is 15.0. The van der Waals surface area contributed by atoms with Crippen molar-refractivity contribution in [3.63, 3.8) is 0 Å². The van der Waals surface area contributed by atoms with Gasteiger partial charge in [-0.25, -0.2) is 4.39 Å². The van der Waals surface area contributed by atoms with Crippen LogP contribution >= 0.6 is 15.9 Å². The van der Waals surface area contributed by atoms with Gasteiger partial charge < -0.3 is 11.1 Å². The molecule has 1 aliphatic rings. The van der Waals surface area contributed by atoms with E-state index in [1.165, 1.54) is 12.1 Å². The number of nitrogens with one attached hydrogen (secondary N) is 1. The van der Waals surface area contributed by atoms with Gasteiger partial charge >= 0.3 is 0 Å². The molecule has 1 fully saturated rings. The highest BCUT2D eigenvalue weighted by molar-refractivity contribution is 9.10. The summed E-state index contributed by atoms with van der Waals surface area (Å²) in [6.07, 6.45) is 3.21. The number of primary amides is 1. The maximum Gasteiger partial charge on any atom is 0.254 e. The van der Waals surface area contributed by atoms with Crippen LogP contribution in [0.2, 0.25) is 0 Å². The van der Waals surface area contributed by atoms with E-state index >= 15 is 0 Å². The molecule has 4 nitrogen and oxygen atoms in total. The molecule has 2 amide bonds. The summed E-state index contributed by atoms with van der Waals surface area (Å²) in [4.78, 5) is 23.5. The minimum Gasteiger partial charge on any atom is -0.369 e. The fourth-order valence-electron chi connectivity index (χ4n) is 2.57. The van der Waals surface area contributed by atoms with Crippen LogP contribution in [0.3, 0.4) is 0 Å². The van der Waals surface area contributed by atoms with Gasteiger partial charge in [0.1, 0.15) is 5.82 Å². The number of hydrogen-bond donors (Lipinski definition) is 2. The van der Waals surface area contributed by atoms with Crippen molar-refractivity contribution in [1.82, 2.24) is 5.32 Å². The number of amides is 2. The summed E-state index contributed by atoms with van der Waals surface area (Å²) in [5, 5.41) is 2.73. The first-order chi connectivity index (χ1) is 9.50. The second-order valence-corrected chi connectivity index (χ2v) is 5.83. The predicted octanol–water partition coefficient (Wildman–Crippen LogP) is 2.36. The Balaban J connectivity index is 2.14. The maximum atomic E-state index is 13.9. The quantitative estimate of drug-likeness (QED) is 0.884. The molecule has 1 saturated carbocycles. The SMILES string of the molecule is NC(=O)C1CCCCC1NC(=O)c1cccc(Br)c1F. The van der Waals surface area contributed by atoms with Crippen molar-refractivity contribution in [3.8, 4) is 0 Å². The molecule has 1 aromatic carbocycles. The molecule has 1 aliphatic carbocycles. The van der Waals surface area contributed by atoms with Crippen LogP contribution in [0.5, 0.6) is 0 Å². The average molecular weight is 343 g/mol. The minimum atomic E-state index is -0.601. The lowest BCUT2D eigenvalue weighted by Gasteiger charge is -2.30. The largest absolute Gasteiger partial charge is 0.369 e. The van der Waals surface area contributed by atoms with Gasteiger partial charge in [0.05, 0.1) is 16.0 Å². The Morgan fingerprint density at radius 3 is 2.70 bits per heavy atom. The standard InChI is InChI=1S/C14H16BrFN2O2/c15-10-6-3-5-9(12(10)16)14(20)18-11-7-2-1-4-8(11)13(17)19/h3,5-6,8,11H,1-2,4,7H2,(H2,17,19)(H,18,20). The van der Waals surface area contributed by atoms with Crippen LogP contribution in [0.25, 0.3) is 0 Å². The number of carbonyl (C=O) groups is 2. The van der Waals surface area contributed by atoms with E-state index in [0.717, 1.165) is 12.8 Å². The van der Waals surface area contributed by atoms with E-state index in [1.807, 2.05) is 0 Å². The lowest BCUT2D eigenvalue weighted by atomic mass is 9.84. The topological polar surface area (TPSA) is 72.2 Å². The normalized spacial score (nSPS) is 22.3. The average Bonchev–Trinajstić information content (AvgIpc) is 2.42. The van der Waals surface area contributed by atoms with Crippen molar-refractivity contribution in [3.05, 3.63) is 34.1 Å². The molecule has 0 aromatic heterocycles. The zero-order valence-corrected chi connectivity index (χ0v) is 12.5. The fourth-order valence-corrected chi connectivity index (χ4v) is 2.94. The second-order valence-electron chi connectivity index (χ2n) is 4.97. The summed E-state index contributed by atoms with van der Waals surface area (Å²) in [5.41, 5.74) is 5.32. The van der Waals surface area contributed by atoms with E-state index in [4.69, 9.17) is 5.73 Å². The number of hydrogen-bond acceptors (Lipinski definition) is 2. The Morgan fingerprint density at radius 2 is 2.00 bits per heavy atom. The van der Waals surface area contributed by atoms with Gasteiger partial charge in [-0.15, -0.1) is 0 Å². The van der Waals surface area contributed by atoms with Gasteiger partial charge in [-0.3, -0.25) is 9.59 Å². The summed E-state index contributed by atoms with van der Waals surface area (Å²) in [6, 6.07) is 4.22. The Labute approximate surface area is 125 Å². The Hall–Kier alpha value is -1.43. The number of benzene rings is 1. The number of nitrogens with two attached hydrogens (primary N) is 1. The highest BCUT2D eigenvalue weighted by Crippen LogP contribution is 2.25.